The molecular weight excluding hydrogens is 392 g/mol. The predicted molar refractivity (Wildman–Crippen MR) is 119 cm³/mol. The molecule has 30 heavy (non-hydrogen) atoms. The van der Waals surface area contributed by atoms with Gasteiger partial charge in [0.2, 0.25) is 0 Å². The Morgan fingerprint density at radius 1 is 1.00 bits per heavy atom. The number of rotatable bonds is 3. The first-order chi connectivity index (χ1) is 14.7. The maximum atomic E-state index is 11.4. The Balaban J connectivity index is 1.40. The summed E-state index contributed by atoms with van der Waals surface area (Å²) >= 11 is 1.60. The Morgan fingerprint density at radius 3 is 2.87 bits per heavy atom. The summed E-state index contributed by atoms with van der Waals surface area (Å²) < 4.78 is 0. The Bertz CT molecular complexity index is 1430. The van der Waals surface area contributed by atoms with E-state index in [0.29, 0.717) is 5.69 Å². The van der Waals surface area contributed by atoms with Gasteiger partial charge in [-0.15, -0.1) is 11.3 Å². The molecule has 0 fully saturated rings. The van der Waals surface area contributed by atoms with Crippen LogP contribution in [0.2, 0.25) is 0 Å². The molecule has 0 aliphatic heterocycles. The van der Waals surface area contributed by atoms with E-state index in [2.05, 4.69) is 15.0 Å². The van der Waals surface area contributed by atoms with E-state index in [9.17, 15) is 5.11 Å². The maximum Gasteiger partial charge on any atom is 0.151 e. The van der Waals surface area contributed by atoms with Gasteiger partial charge in [0.1, 0.15) is 10.7 Å². The van der Waals surface area contributed by atoms with Crippen LogP contribution < -0.4 is 0 Å². The topological polar surface area (TPSA) is 74.7 Å². The molecular formula is C24H16N4OS. The van der Waals surface area contributed by atoms with Crippen LogP contribution in [0.3, 0.4) is 0 Å². The number of H-pyrrole nitrogens is 1. The number of nitrogens with one attached hydrogen (secondary N) is 1. The second-order valence-corrected chi connectivity index (χ2v) is 8.12. The first-order valence-corrected chi connectivity index (χ1v) is 10.5. The molecule has 6 heteroatoms. The fourth-order valence-electron chi connectivity index (χ4n) is 3.97. The number of pyridine rings is 2. The summed E-state index contributed by atoms with van der Waals surface area (Å²) in [6.45, 7) is 0. The zero-order valence-electron chi connectivity index (χ0n) is 15.8. The van der Waals surface area contributed by atoms with Crippen molar-refractivity contribution in [3.63, 3.8) is 0 Å². The summed E-state index contributed by atoms with van der Waals surface area (Å²) in [6, 6.07) is 15.7. The van der Waals surface area contributed by atoms with Gasteiger partial charge in [-0.05, 0) is 41.5 Å². The maximum absolute atomic E-state index is 11.4. The number of aliphatic hydroxyl groups is 1. The first kappa shape index (κ1) is 17.3. The molecule has 144 valence electrons. The molecule has 1 atom stereocenters. The number of aromatic nitrogens is 4. The molecule has 6 rings (SSSR count). The molecule has 1 aliphatic rings. The van der Waals surface area contributed by atoms with Crippen LogP contribution in [0.5, 0.6) is 0 Å². The van der Waals surface area contributed by atoms with Gasteiger partial charge in [-0.2, -0.15) is 0 Å². The standard InChI is InChI=1S/C24H16N4OS/c29-24(9-8-15-5-2-10-25-21(15)24)17-6-1-4-16(12-17)20-14-30-23(28-20)19-13-27-22-18(19)7-3-11-26-22/h1-14,29H,(H,26,27)/t24-/m1/s1. The predicted octanol–water partition coefficient (Wildman–Crippen LogP) is 5.01. The van der Waals surface area contributed by atoms with Crippen LogP contribution in [-0.2, 0) is 5.60 Å². The van der Waals surface area contributed by atoms with E-state index in [4.69, 9.17) is 4.98 Å². The molecule has 4 heterocycles. The number of benzene rings is 1. The molecule has 0 bridgehead atoms. The molecule has 5 aromatic rings. The van der Waals surface area contributed by atoms with Crippen LogP contribution in [0, 0.1) is 0 Å². The summed E-state index contributed by atoms with van der Waals surface area (Å²) in [4.78, 5) is 16.8. The molecule has 0 amide bonds. The average molecular weight is 408 g/mol. The first-order valence-electron chi connectivity index (χ1n) is 9.58. The number of nitrogens with zero attached hydrogens (tertiary/aromatic N) is 3. The second-order valence-electron chi connectivity index (χ2n) is 7.26. The lowest BCUT2D eigenvalue weighted by atomic mass is 9.90. The van der Waals surface area contributed by atoms with Crippen molar-refractivity contribution in [2.45, 2.75) is 5.60 Å². The minimum absolute atomic E-state index is 0.660. The van der Waals surface area contributed by atoms with Gasteiger partial charge in [-0.25, -0.2) is 9.97 Å². The van der Waals surface area contributed by atoms with Crippen molar-refractivity contribution < 1.29 is 5.11 Å². The van der Waals surface area contributed by atoms with Crippen molar-refractivity contribution in [2.24, 2.45) is 0 Å². The van der Waals surface area contributed by atoms with Gasteiger partial charge in [0, 0.05) is 40.5 Å². The van der Waals surface area contributed by atoms with Crippen LogP contribution in [0.4, 0.5) is 0 Å². The third-order valence-electron chi connectivity index (χ3n) is 5.49. The van der Waals surface area contributed by atoms with Crippen LogP contribution in [-0.4, -0.2) is 25.0 Å². The lowest BCUT2D eigenvalue weighted by Gasteiger charge is -2.22. The molecule has 1 aliphatic carbocycles. The Morgan fingerprint density at radius 2 is 1.90 bits per heavy atom. The largest absolute Gasteiger partial charge is 0.375 e. The normalized spacial score (nSPS) is 17.5. The third-order valence-corrected chi connectivity index (χ3v) is 6.36. The van der Waals surface area contributed by atoms with E-state index in [0.717, 1.165) is 44.0 Å². The van der Waals surface area contributed by atoms with Gasteiger partial charge in [-0.1, -0.05) is 30.3 Å². The van der Waals surface area contributed by atoms with E-state index in [1.54, 1.807) is 29.8 Å². The molecule has 1 aromatic carbocycles. The molecule has 0 saturated heterocycles. The highest BCUT2D eigenvalue weighted by atomic mass is 32.1. The molecule has 0 unspecified atom stereocenters. The van der Waals surface area contributed by atoms with Crippen LogP contribution in [0.1, 0.15) is 16.8 Å². The lowest BCUT2D eigenvalue weighted by Crippen LogP contribution is -2.24. The van der Waals surface area contributed by atoms with Crippen molar-refractivity contribution in [1.82, 2.24) is 19.9 Å². The highest BCUT2D eigenvalue weighted by Gasteiger charge is 2.36. The van der Waals surface area contributed by atoms with Gasteiger partial charge in [0.25, 0.3) is 0 Å². The second kappa shape index (κ2) is 6.45. The Labute approximate surface area is 176 Å². The molecule has 5 nitrogen and oxygen atoms in total. The third kappa shape index (κ3) is 2.55. The van der Waals surface area contributed by atoms with Crippen LogP contribution in [0.15, 0.2) is 78.6 Å². The number of hydrogen-bond acceptors (Lipinski definition) is 5. The van der Waals surface area contributed by atoms with E-state index in [-0.39, 0.29) is 0 Å². The average Bonchev–Trinajstić information content (AvgIpc) is 3.52. The zero-order valence-corrected chi connectivity index (χ0v) is 16.6. The molecule has 2 N–H and O–H groups in total. The number of aromatic amines is 1. The van der Waals surface area contributed by atoms with Gasteiger partial charge in [-0.3, -0.25) is 4.98 Å². The molecule has 4 aromatic heterocycles. The van der Waals surface area contributed by atoms with Gasteiger partial charge < -0.3 is 10.1 Å². The summed E-state index contributed by atoms with van der Waals surface area (Å²) in [5, 5.41) is 15.4. The summed E-state index contributed by atoms with van der Waals surface area (Å²) in [5.41, 5.74) is 4.88. The fraction of sp³-hybridized carbons (Fsp3) is 0.0417. The van der Waals surface area contributed by atoms with Gasteiger partial charge >= 0.3 is 0 Å². The van der Waals surface area contributed by atoms with E-state index in [1.807, 2.05) is 66.2 Å². The highest BCUT2D eigenvalue weighted by molar-refractivity contribution is 7.13. The lowest BCUT2D eigenvalue weighted by molar-refractivity contribution is 0.133. The molecule has 0 spiro atoms. The van der Waals surface area contributed by atoms with E-state index < -0.39 is 5.60 Å². The number of thiazole rings is 1. The fourth-order valence-corrected chi connectivity index (χ4v) is 4.83. The number of hydrogen-bond donors (Lipinski definition) is 2. The summed E-state index contributed by atoms with van der Waals surface area (Å²) in [5.74, 6) is 0. The highest BCUT2D eigenvalue weighted by Crippen LogP contribution is 2.39. The van der Waals surface area contributed by atoms with Crippen LogP contribution in [0.25, 0.3) is 38.9 Å². The minimum atomic E-state index is -1.23. The quantitative estimate of drug-likeness (QED) is 0.440. The smallest absolute Gasteiger partial charge is 0.151 e. The molecule has 0 saturated carbocycles. The monoisotopic (exact) mass is 408 g/mol. The van der Waals surface area contributed by atoms with Gasteiger partial charge in [0.05, 0.1) is 11.4 Å². The number of fused-ring (bicyclic) bond motifs is 2. The summed E-state index contributed by atoms with van der Waals surface area (Å²) in [6.07, 6.45) is 9.15. The SMILES string of the molecule is O[C@@]1(c2cccc(-c3csc(-c4c[nH]c5ncccc45)n3)c2)C=Cc2cccnc21. The van der Waals surface area contributed by atoms with Gasteiger partial charge in [0.15, 0.2) is 5.60 Å². The summed E-state index contributed by atoms with van der Waals surface area (Å²) in [7, 11) is 0. The van der Waals surface area contributed by atoms with E-state index >= 15 is 0 Å². The minimum Gasteiger partial charge on any atom is -0.375 e. The van der Waals surface area contributed by atoms with Crippen molar-refractivity contribution in [3.05, 3.63) is 95.4 Å². The Kier molecular flexibility index (Phi) is 3.71. The van der Waals surface area contributed by atoms with Crippen molar-refractivity contribution in [3.8, 4) is 21.8 Å². The Hall–Kier alpha value is -3.61. The molecule has 0 radical (unpaired) electrons. The van der Waals surface area contributed by atoms with Crippen molar-refractivity contribution in [1.29, 1.82) is 0 Å². The zero-order chi connectivity index (χ0) is 20.1. The van der Waals surface area contributed by atoms with Crippen molar-refractivity contribution >= 4 is 28.4 Å². The van der Waals surface area contributed by atoms with Crippen LogP contribution >= 0.6 is 11.3 Å². The van der Waals surface area contributed by atoms with E-state index in [1.165, 1.54) is 0 Å². The van der Waals surface area contributed by atoms with Crippen molar-refractivity contribution in [2.75, 3.05) is 0 Å².